The molecule has 16 heavy (non-hydrogen) atoms. The summed E-state index contributed by atoms with van der Waals surface area (Å²) in [5.74, 6) is 3.27. The molecule has 0 aromatic heterocycles. The van der Waals surface area contributed by atoms with Crippen molar-refractivity contribution in [3.8, 4) is 0 Å². The van der Waals surface area contributed by atoms with Crippen molar-refractivity contribution in [3.63, 3.8) is 0 Å². The Morgan fingerprint density at radius 3 is 2.12 bits per heavy atom. The summed E-state index contributed by atoms with van der Waals surface area (Å²) < 4.78 is 5.86. The lowest BCUT2D eigenvalue weighted by atomic mass is 9.54. The molecule has 0 radical (unpaired) electrons. The molecule has 1 heterocycles. The second-order valence-corrected chi connectivity index (χ2v) is 7.79. The van der Waals surface area contributed by atoms with Crippen LogP contribution in [0.3, 0.4) is 0 Å². The molecule has 1 atom stereocenters. The lowest BCUT2D eigenvalue weighted by Crippen LogP contribution is -2.55. The maximum absolute atomic E-state index is 11.7. The van der Waals surface area contributed by atoms with E-state index in [1.807, 2.05) is 18.7 Å². The minimum atomic E-state index is -0.0933. The molecule has 1 spiro atoms. The highest BCUT2D eigenvalue weighted by Crippen LogP contribution is 2.65. The van der Waals surface area contributed by atoms with E-state index >= 15 is 0 Å². The number of rotatable bonds is 0. The summed E-state index contributed by atoms with van der Waals surface area (Å²) in [5.41, 5.74) is 0. The van der Waals surface area contributed by atoms with E-state index in [-0.39, 0.29) is 16.2 Å². The molecule has 0 amide bonds. The van der Waals surface area contributed by atoms with E-state index in [0.29, 0.717) is 11.8 Å². The van der Waals surface area contributed by atoms with Crippen molar-refractivity contribution in [2.45, 2.75) is 49.2 Å². The zero-order valence-corrected chi connectivity index (χ0v) is 10.5. The molecule has 5 aliphatic rings. The van der Waals surface area contributed by atoms with Crippen LogP contribution in [-0.2, 0) is 9.53 Å². The van der Waals surface area contributed by atoms with Gasteiger partial charge in [-0.15, -0.1) is 0 Å². The van der Waals surface area contributed by atoms with Gasteiger partial charge in [-0.25, -0.2) is 0 Å². The molecule has 88 valence electrons. The van der Waals surface area contributed by atoms with Crippen LogP contribution in [0.5, 0.6) is 0 Å². The highest BCUT2D eigenvalue weighted by atomic mass is 32.2. The smallest absolute Gasteiger partial charge is 0.320 e. The highest BCUT2D eigenvalue weighted by molar-refractivity contribution is 8.02. The summed E-state index contributed by atoms with van der Waals surface area (Å²) >= 11 is 1.84. The van der Waals surface area contributed by atoms with Gasteiger partial charge in [0.2, 0.25) is 0 Å². The molecular formula is C13H18O2S. The Morgan fingerprint density at radius 2 is 1.69 bits per heavy atom. The highest BCUT2D eigenvalue weighted by Gasteiger charge is 2.63. The van der Waals surface area contributed by atoms with Crippen molar-refractivity contribution in [2.24, 2.45) is 23.7 Å². The van der Waals surface area contributed by atoms with Crippen LogP contribution in [-0.4, -0.2) is 16.2 Å². The quantitative estimate of drug-likeness (QED) is 0.607. The second-order valence-electron chi connectivity index (χ2n) is 6.21. The van der Waals surface area contributed by atoms with Gasteiger partial charge in [0, 0.05) is 11.8 Å². The Labute approximate surface area is 100 Å². The Hall–Kier alpha value is -0.180. The first kappa shape index (κ1) is 9.81. The van der Waals surface area contributed by atoms with Gasteiger partial charge in [0.15, 0.2) is 4.93 Å². The SMILES string of the molecule is CC1SC2(OC1=O)C1CC3CC(C1)CC2C3. The molecule has 5 rings (SSSR count). The maximum Gasteiger partial charge on any atom is 0.320 e. The molecule has 1 saturated heterocycles. The van der Waals surface area contributed by atoms with E-state index in [1.165, 1.54) is 32.1 Å². The number of carbonyl (C=O) groups is 1. The minimum absolute atomic E-state index is 0.0393. The molecule has 5 fully saturated rings. The fraction of sp³-hybridized carbons (Fsp3) is 0.923. The summed E-state index contributed by atoms with van der Waals surface area (Å²) in [6, 6.07) is 0. The van der Waals surface area contributed by atoms with Gasteiger partial charge >= 0.3 is 5.97 Å². The number of carbonyl (C=O) groups excluding carboxylic acids is 1. The van der Waals surface area contributed by atoms with E-state index < -0.39 is 0 Å². The fourth-order valence-corrected chi connectivity index (χ4v) is 6.39. The molecule has 3 heteroatoms. The van der Waals surface area contributed by atoms with Gasteiger partial charge in [-0.1, -0.05) is 11.8 Å². The predicted octanol–water partition coefficient (Wildman–Crippen LogP) is 2.82. The second kappa shape index (κ2) is 2.98. The van der Waals surface area contributed by atoms with Gasteiger partial charge in [-0.2, -0.15) is 0 Å². The lowest BCUT2D eigenvalue weighted by molar-refractivity contribution is -0.173. The molecule has 1 unspecified atom stereocenters. The van der Waals surface area contributed by atoms with Crippen LogP contribution in [0.15, 0.2) is 0 Å². The topological polar surface area (TPSA) is 26.3 Å². The van der Waals surface area contributed by atoms with Crippen molar-refractivity contribution < 1.29 is 9.53 Å². The van der Waals surface area contributed by atoms with E-state index in [9.17, 15) is 4.79 Å². The number of thioether (sulfide) groups is 1. The van der Waals surface area contributed by atoms with Gasteiger partial charge < -0.3 is 4.74 Å². The van der Waals surface area contributed by atoms with E-state index in [1.54, 1.807) is 0 Å². The van der Waals surface area contributed by atoms with Crippen LogP contribution in [0.25, 0.3) is 0 Å². The van der Waals surface area contributed by atoms with Crippen LogP contribution < -0.4 is 0 Å². The molecule has 4 bridgehead atoms. The van der Waals surface area contributed by atoms with Crippen LogP contribution in [0, 0.1) is 23.7 Å². The Kier molecular flexibility index (Phi) is 1.83. The predicted molar refractivity (Wildman–Crippen MR) is 62.9 cm³/mol. The molecule has 2 nitrogen and oxygen atoms in total. The summed E-state index contributed by atoms with van der Waals surface area (Å²) in [6.45, 7) is 2.01. The summed E-state index contributed by atoms with van der Waals surface area (Å²) in [7, 11) is 0. The van der Waals surface area contributed by atoms with E-state index in [4.69, 9.17) is 4.74 Å². The van der Waals surface area contributed by atoms with Crippen LogP contribution in [0.1, 0.15) is 39.0 Å². The molecule has 0 aromatic carbocycles. The summed E-state index contributed by atoms with van der Waals surface area (Å²) in [6.07, 6.45) is 6.73. The van der Waals surface area contributed by atoms with Gasteiger partial charge in [0.25, 0.3) is 0 Å². The van der Waals surface area contributed by atoms with Gasteiger partial charge in [-0.3, -0.25) is 4.79 Å². The number of hydrogen-bond donors (Lipinski definition) is 0. The molecule has 0 aromatic rings. The van der Waals surface area contributed by atoms with Crippen LogP contribution >= 0.6 is 11.8 Å². The van der Waals surface area contributed by atoms with Crippen molar-refractivity contribution in [1.82, 2.24) is 0 Å². The largest absolute Gasteiger partial charge is 0.446 e. The van der Waals surface area contributed by atoms with E-state index in [2.05, 4.69) is 0 Å². The number of esters is 1. The summed E-state index contributed by atoms with van der Waals surface area (Å²) in [5, 5.41) is 0.0672. The van der Waals surface area contributed by atoms with Gasteiger partial charge in [-0.05, 0) is 50.9 Å². The number of ether oxygens (including phenoxy) is 1. The van der Waals surface area contributed by atoms with Gasteiger partial charge in [0.05, 0.1) is 0 Å². The molecule has 1 aliphatic heterocycles. The monoisotopic (exact) mass is 238 g/mol. The third-order valence-corrected chi connectivity index (χ3v) is 6.89. The lowest BCUT2D eigenvalue weighted by Gasteiger charge is -2.58. The van der Waals surface area contributed by atoms with Crippen molar-refractivity contribution in [2.75, 3.05) is 0 Å². The normalized spacial score (nSPS) is 58.3. The van der Waals surface area contributed by atoms with Crippen molar-refractivity contribution in [1.29, 1.82) is 0 Å². The number of hydrogen-bond acceptors (Lipinski definition) is 3. The molecule has 0 N–H and O–H groups in total. The molecule has 4 aliphatic carbocycles. The molecule has 4 saturated carbocycles. The summed E-state index contributed by atoms with van der Waals surface area (Å²) in [4.78, 5) is 11.6. The standard InChI is InChI=1S/C13H18O2S/c1-7-12(14)15-13(16-7)10-3-8-2-9(5-10)6-11(13)4-8/h7-11H,2-6H2,1H3. The van der Waals surface area contributed by atoms with Gasteiger partial charge in [0.1, 0.15) is 5.25 Å². The fourth-order valence-electron chi connectivity index (χ4n) is 4.79. The average molecular weight is 238 g/mol. The maximum atomic E-state index is 11.7. The molecular weight excluding hydrogens is 220 g/mol. The first-order valence-corrected chi connectivity index (χ1v) is 7.46. The Morgan fingerprint density at radius 1 is 1.12 bits per heavy atom. The third-order valence-electron chi connectivity index (χ3n) is 5.23. The Bertz CT molecular complexity index is 324. The first-order chi connectivity index (χ1) is 7.67. The Balaban J connectivity index is 1.72. The third kappa shape index (κ3) is 1.08. The zero-order chi connectivity index (χ0) is 10.9. The zero-order valence-electron chi connectivity index (χ0n) is 9.65. The van der Waals surface area contributed by atoms with Crippen LogP contribution in [0.2, 0.25) is 0 Å². The van der Waals surface area contributed by atoms with Crippen LogP contribution in [0.4, 0.5) is 0 Å². The minimum Gasteiger partial charge on any atom is -0.446 e. The van der Waals surface area contributed by atoms with Crippen molar-refractivity contribution in [3.05, 3.63) is 0 Å². The van der Waals surface area contributed by atoms with Crippen molar-refractivity contribution >= 4 is 17.7 Å². The average Bonchev–Trinajstić information content (AvgIpc) is 2.52. The first-order valence-electron chi connectivity index (χ1n) is 6.58. The van der Waals surface area contributed by atoms with E-state index in [0.717, 1.165) is 11.8 Å².